The molecule has 0 amide bonds. The van der Waals surface area contributed by atoms with Crippen molar-refractivity contribution in [1.29, 1.82) is 0 Å². The summed E-state index contributed by atoms with van der Waals surface area (Å²) < 4.78 is 32.5. The number of rotatable bonds is 7. The average Bonchev–Trinajstić information content (AvgIpc) is 2.49. The lowest BCUT2D eigenvalue weighted by atomic mass is 10.3. The Balaban J connectivity index is 1.88. The molecule has 0 spiro atoms. The number of hydrogen-bond acceptors (Lipinski definition) is 5. The van der Waals surface area contributed by atoms with Crippen molar-refractivity contribution < 1.29 is 13.5 Å². The van der Waals surface area contributed by atoms with Crippen molar-refractivity contribution in [2.45, 2.75) is 13.3 Å². The van der Waals surface area contributed by atoms with Crippen molar-refractivity contribution in [2.24, 2.45) is 0 Å². The molecule has 1 aromatic rings. The second-order valence-corrected chi connectivity index (χ2v) is 4.96. The molecule has 0 aromatic carbocycles. The van der Waals surface area contributed by atoms with E-state index >= 15 is 0 Å². The van der Waals surface area contributed by atoms with Gasteiger partial charge < -0.3 is 15.4 Å². The molecule has 1 saturated heterocycles. The Labute approximate surface area is 123 Å². The first-order valence-electron chi connectivity index (χ1n) is 7.34. The molecule has 0 saturated carbocycles. The molecule has 1 aromatic heterocycles. The second-order valence-electron chi connectivity index (χ2n) is 4.96. The van der Waals surface area contributed by atoms with Crippen LogP contribution in [0, 0.1) is 11.6 Å². The van der Waals surface area contributed by atoms with Gasteiger partial charge in [0.1, 0.15) is 0 Å². The van der Waals surface area contributed by atoms with E-state index < -0.39 is 11.6 Å². The first kappa shape index (κ1) is 15.9. The van der Waals surface area contributed by atoms with Gasteiger partial charge in [-0.15, -0.1) is 0 Å². The highest BCUT2D eigenvalue weighted by Gasteiger charge is 2.13. The highest BCUT2D eigenvalue weighted by atomic mass is 19.1. The van der Waals surface area contributed by atoms with Crippen LogP contribution in [0.1, 0.15) is 13.3 Å². The predicted molar refractivity (Wildman–Crippen MR) is 78.7 cm³/mol. The number of morpholine rings is 1. The molecule has 0 radical (unpaired) electrons. The first-order chi connectivity index (χ1) is 10.2. The molecule has 5 nitrogen and oxygen atoms in total. The molecule has 1 aliphatic rings. The van der Waals surface area contributed by atoms with E-state index in [0.29, 0.717) is 13.1 Å². The summed E-state index contributed by atoms with van der Waals surface area (Å²) in [6.07, 6.45) is 0.846. The molecule has 0 unspecified atom stereocenters. The average molecular weight is 300 g/mol. The zero-order chi connectivity index (χ0) is 15.1. The lowest BCUT2D eigenvalue weighted by molar-refractivity contribution is 0.0398. The van der Waals surface area contributed by atoms with Gasteiger partial charge in [-0.05, 0) is 6.42 Å². The smallest absolute Gasteiger partial charge is 0.168 e. The van der Waals surface area contributed by atoms with Crippen LogP contribution < -0.4 is 10.6 Å². The largest absolute Gasteiger partial charge is 0.379 e. The minimum absolute atomic E-state index is 0.0864. The minimum Gasteiger partial charge on any atom is -0.379 e. The van der Waals surface area contributed by atoms with Crippen molar-refractivity contribution in [1.82, 2.24) is 9.88 Å². The van der Waals surface area contributed by atoms with Gasteiger partial charge >= 0.3 is 0 Å². The fourth-order valence-corrected chi connectivity index (χ4v) is 2.12. The van der Waals surface area contributed by atoms with Crippen LogP contribution in [0.2, 0.25) is 0 Å². The summed E-state index contributed by atoms with van der Waals surface area (Å²) in [6.45, 7) is 7.12. The highest BCUT2D eigenvalue weighted by Crippen LogP contribution is 2.18. The van der Waals surface area contributed by atoms with E-state index in [1.807, 2.05) is 6.92 Å². The Kier molecular flexibility index (Phi) is 6.13. The van der Waals surface area contributed by atoms with Gasteiger partial charge in [0.25, 0.3) is 0 Å². The molecular formula is C14H22F2N4O. The van der Waals surface area contributed by atoms with E-state index in [2.05, 4.69) is 20.5 Å². The summed E-state index contributed by atoms with van der Waals surface area (Å²) in [5.74, 6) is -1.16. The first-order valence-corrected chi connectivity index (χ1v) is 7.34. The van der Waals surface area contributed by atoms with Gasteiger partial charge in [0, 0.05) is 38.8 Å². The standard InChI is InChI=1S/C14H22F2N4O/c1-2-3-17-13-11(15)10-12(16)14(19-13)18-4-5-20-6-8-21-9-7-20/h10H,2-9H2,1H3,(H2,17,18,19). The minimum atomic E-state index is -0.670. The van der Waals surface area contributed by atoms with Crippen LogP contribution in [0.4, 0.5) is 20.4 Å². The topological polar surface area (TPSA) is 49.4 Å². The number of ether oxygens (including phenoxy) is 1. The van der Waals surface area contributed by atoms with Crippen LogP contribution in [0.15, 0.2) is 6.07 Å². The van der Waals surface area contributed by atoms with Crippen molar-refractivity contribution in [2.75, 3.05) is 56.6 Å². The number of pyridine rings is 1. The van der Waals surface area contributed by atoms with Crippen LogP contribution in [0.3, 0.4) is 0 Å². The Morgan fingerprint density at radius 1 is 1.14 bits per heavy atom. The zero-order valence-electron chi connectivity index (χ0n) is 12.3. The summed E-state index contributed by atoms with van der Waals surface area (Å²) in [7, 11) is 0. The van der Waals surface area contributed by atoms with Crippen LogP contribution in [-0.4, -0.2) is 55.8 Å². The molecule has 2 rings (SSSR count). The molecule has 21 heavy (non-hydrogen) atoms. The maximum atomic E-state index is 13.7. The fourth-order valence-electron chi connectivity index (χ4n) is 2.12. The number of halogens is 2. The molecule has 0 bridgehead atoms. The lowest BCUT2D eigenvalue weighted by Gasteiger charge is -2.26. The zero-order valence-corrected chi connectivity index (χ0v) is 12.3. The summed E-state index contributed by atoms with van der Waals surface area (Å²) in [5.41, 5.74) is 0. The highest BCUT2D eigenvalue weighted by molar-refractivity contribution is 5.47. The van der Waals surface area contributed by atoms with Crippen LogP contribution in [-0.2, 0) is 4.74 Å². The van der Waals surface area contributed by atoms with Gasteiger partial charge in [0.2, 0.25) is 0 Å². The molecule has 118 valence electrons. The van der Waals surface area contributed by atoms with E-state index in [0.717, 1.165) is 45.3 Å². The molecule has 2 N–H and O–H groups in total. The van der Waals surface area contributed by atoms with E-state index in [-0.39, 0.29) is 11.6 Å². The van der Waals surface area contributed by atoms with Crippen molar-refractivity contribution in [3.05, 3.63) is 17.7 Å². The van der Waals surface area contributed by atoms with Gasteiger partial charge in [0.05, 0.1) is 13.2 Å². The third-order valence-electron chi connectivity index (χ3n) is 3.30. The molecule has 0 aliphatic carbocycles. The van der Waals surface area contributed by atoms with Crippen LogP contribution in [0.25, 0.3) is 0 Å². The summed E-state index contributed by atoms with van der Waals surface area (Å²) in [5, 5.41) is 5.78. The maximum Gasteiger partial charge on any atom is 0.168 e. The van der Waals surface area contributed by atoms with Gasteiger partial charge in [-0.3, -0.25) is 4.90 Å². The van der Waals surface area contributed by atoms with Gasteiger partial charge in [-0.2, -0.15) is 0 Å². The number of anilines is 2. The monoisotopic (exact) mass is 300 g/mol. The number of aromatic nitrogens is 1. The third kappa shape index (κ3) is 4.78. The lowest BCUT2D eigenvalue weighted by Crippen LogP contribution is -2.39. The van der Waals surface area contributed by atoms with E-state index in [4.69, 9.17) is 4.74 Å². The molecule has 0 atom stereocenters. The normalized spacial score (nSPS) is 16.0. The summed E-state index contributed by atoms with van der Waals surface area (Å²) in [6, 6.07) is 0.863. The maximum absolute atomic E-state index is 13.7. The number of nitrogens with one attached hydrogen (secondary N) is 2. The van der Waals surface area contributed by atoms with Crippen molar-refractivity contribution in [3.8, 4) is 0 Å². The number of nitrogens with zero attached hydrogens (tertiary/aromatic N) is 2. The Bertz CT molecular complexity index is 453. The van der Waals surface area contributed by atoms with Crippen LogP contribution in [0.5, 0.6) is 0 Å². The van der Waals surface area contributed by atoms with Crippen molar-refractivity contribution >= 4 is 11.6 Å². The molecule has 7 heteroatoms. The molecular weight excluding hydrogens is 278 g/mol. The predicted octanol–water partition coefficient (Wildman–Crippen LogP) is 1.93. The second kappa shape index (κ2) is 8.09. The Morgan fingerprint density at radius 2 is 1.76 bits per heavy atom. The molecule has 2 heterocycles. The van der Waals surface area contributed by atoms with E-state index in [1.54, 1.807) is 0 Å². The molecule has 1 aliphatic heterocycles. The SMILES string of the molecule is CCCNc1nc(NCCN2CCOCC2)c(F)cc1F. The fraction of sp³-hybridized carbons (Fsp3) is 0.643. The van der Waals surface area contributed by atoms with E-state index in [1.165, 1.54) is 0 Å². The summed E-state index contributed by atoms with van der Waals surface area (Å²) >= 11 is 0. The van der Waals surface area contributed by atoms with Gasteiger partial charge in [-0.25, -0.2) is 13.8 Å². The summed E-state index contributed by atoms with van der Waals surface area (Å²) in [4.78, 5) is 6.21. The quantitative estimate of drug-likeness (QED) is 0.806. The van der Waals surface area contributed by atoms with Gasteiger partial charge in [-0.1, -0.05) is 6.92 Å². The van der Waals surface area contributed by atoms with Crippen LogP contribution >= 0.6 is 0 Å². The molecule has 1 fully saturated rings. The van der Waals surface area contributed by atoms with E-state index in [9.17, 15) is 8.78 Å². The third-order valence-corrected chi connectivity index (χ3v) is 3.30. The van der Waals surface area contributed by atoms with Gasteiger partial charge in [0.15, 0.2) is 23.3 Å². The number of hydrogen-bond donors (Lipinski definition) is 2. The Morgan fingerprint density at radius 3 is 2.38 bits per heavy atom. The Hall–Kier alpha value is -1.47. The van der Waals surface area contributed by atoms with Crippen molar-refractivity contribution in [3.63, 3.8) is 0 Å².